The number of nitrogens with zero attached hydrogens (tertiary/aromatic N) is 1. The topological polar surface area (TPSA) is 67.9 Å². The molecule has 6 nitrogen and oxygen atoms in total. The van der Waals surface area contributed by atoms with Crippen molar-refractivity contribution in [1.29, 1.82) is 0 Å². The van der Waals surface area contributed by atoms with Crippen LogP contribution in [0.4, 0.5) is 0 Å². The molecular weight excluding hydrogens is 356 g/mol. The summed E-state index contributed by atoms with van der Waals surface area (Å²) in [4.78, 5) is 24.8. The fraction of sp³-hybridized carbons (Fsp3) is 0.273. The zero-order valence-corrected chi connectivity index (χ0v) is 16.1. The summed E-state index contributed by atoms with van der Waals surface area (Å²) in [7, 11) is 3.07. The Hall–Kier alpha value is -3.12. The van der Waals surface area contributed by atoms with E-state index in [9.17, 15) is 9.59 Å². The molecule has 1 aliphatic heterocycles. The van der Waals surface area contributed by atoms with E-state index >= 15 is 0 Å². The van der Waals surface area contributed by atoms with E-state index in [1.54, 1.807) is 43.5 Å². The lowest BCUT2D eigenvalue weighted by Gasteiger charge is -2.16. The number of allylic oxidation sites excluding steroid dienone is 1. The third-order valence-corrected chi connectivity index (χ3v) is 4.64. The van der Waals surface area contributed by atoms with Gasteiger partial charge >= 0.3 is 0 Å². The lowest BCUT2D eigenvalue weighted by molar-refractivity contribution is 0.0825. The van der Waals surface area contributed by atoms with Crippen molar-refractivity contribution < 1.29 is 19.1 Å². The van der Waals surface area contributed by atoms with Gasteiger partial charge in [-0.25, -0.2) is 5.01 Å². The van der Waals surface area contributed by atoms with Crippen LogP contribution in [0.2, 0.25) is 0 Å². The number of ketones is 1. The van der Waals surface area contributed by atoms with Gasteiger partial charge in [-0.15, -0.1) is 0 Å². The van der Waals surface area contributed by atoms with Crippen LogP contribution < -0.4 is 14.9 Å². The molecule has 0 radical (unpaired) electrons. The second kappa shape index (κ2) is 9.19. The van der Waals surface area contributed by atoms with Crippen LogP contribution in [0.3, 0.4) is 0 Å². The Bertz CT molecular complexity index is 869. The first-order valence-corrected chi connectivity index (χ1v) is 9.21. The molecule has 0 spiro atoms. The van der Waals surface area contributed by atoms with Crippen molar-refractivity contribution >= 4 is 17.8 Å². The summed E-state index contributed by atoms with van der Waals surface area (Å²) in [6, 6.07) is 12.2. The van der Waals surface area contributed by atoms with Crippen LogP contribution >= 0.6 is 0 Å². The zero-order valence-electron chi connectivity index (χ0n) is 16.1. The number of hydrogen-bond donors (Lipinski definition) is 1. The number of carbonyl (C=O) groups is 2. The second-order valence-electron chi connectivity index (χ2n) is 6.52. The fourth-order valence-corrected chi connectivity index (χ4v) is 3.05. The summed E-state index contributed by atoms with van der Waals surface area (Å²) in [5, 5.41) is 1.94. The average Bonchev–Trinajstić information content (AvgIpc) is 3.24. The molecule has 0 unspecified atom stereocenters. The lowest BCUT2D eigenvalue weighted by atomic mass is 10.1. The van der Waals surface area contributed by atoms with E-state index in [1.807, 2.05) is 17.1 Å². The van der Waals surface area contributed by atoms with Crippen LogP contribution in [0.1, 0.15) is 39.1 Å². The number of benzene rings is 2. The van der Waals surface area contributed by atoms with Gasteiger partial charge in [0.15, 0.2) is 5.78 Å². The van der Waals surface area contributed by atoms with Crippen LogP contribution in [0.15, 0.2) is 48.5 Å². The largest absolute Gasteiger partial charge is 0.497 e. The summed E-state index contributed by atoms with van der Waals surface area (Å²) in [6.07, 6.45) is 5.41. The molecule has 2 aromatic rings. The number of methoxy groups -OCH3 is 2. The molecule has 1 amide bonds. The molecule has 3 rings (SSSR count). The highest BCUT2D eigenvalue weighted by Gasteiger charge is 2.15. The summed E-state index contributed by atoms with van der Waals surface area (Å²) in [5.74, 6) is 0.775. The minimum atomic E-state index is -0.188. The molecule has 0 aliphatic carbocycles. The Morgan fingerprint density at radius 2 is 1.71 bits per heavy atom. The highest BCUT2D eigenvalue weighted by molar-refractivity contribution is 6.09. The number of carbonyl (C=O) groups excluding carboxylic acids is 2. The number of nitrogens with one attached hydrogen (secondary N) is 1. The lowest BCUT2D eigenvalue weighted by Crippen LogP contribution is -2.39. The minimum Gasteiger partial charge on any atom is -0.497 e. The predicted molar refractivity (Wildman–Crippen MR) is 108 cm³/mol. The first-order chi connectivity index (χ1) is 13.6. The van der Waals surface area contributed by atoms with Gasteiger partial charge in [0.25, 0.3) is 5.91 Å². The first kappa shape index (κ1) is 19.6. The maximum Gasteiger partial charge on any atom is 0.265 e. The van der Waals surface area contributed by atoms with E-state index in [0.29, 0.717) is 22.6 Å². The zero-order chi connectivity index (χ0) is 19.9. The molecule has 1 fully saturated rings. The van der Waals surface area contributed by atoms with Crippen molar-refractivity contribution in [2.24, 2.45) is 0 Å². The normalized spacial score (nSPS) is 14.2. The smallest absolute Gasteiger partial charge is 0.265 e. The van der Waals surface area contributed by atoms with Crippen molar-refractivity contribution in [3.63, 3.8) is 0 Å². The molecule has 1 heterocycles. The van der Waals surface area contributed by atoms with Crippen LogP contribution in [0.25, 0.3) is 6.08 Å². The third-order valence-electron chi connectivity index (χ3n) is 4.64. The fourth-order valence-electron chi connectivity index (χ4n) is 3.05. The summed E-state index contributed by atoms with van der Waals surface area (Å²) in [6.45, 7) is 1.78. The van der Waals surface area contributed by atoms with E-state index in [0.717, 1.165) is 31.5 Å². The number of ether oxygens (including phenoxy) is 2. The Labute approximate surface area is 164 Å². The van der Waals surface area contributed by atoms with E-state index in [4.69, 9.17) is 9.47 Å². The Kier molecular flexibility index (Phi) is 6.45. The van der Waals surface area contributed by atoms with Crippen molar-refractivity contribution in [3.8, 4) is 11.5 Å². The number of hydrazine groups is 1. The number of rotatable bonds is 7. The molecule has 0 atom stereocenters. The first-order valence-electron chi connectivity index (χ1n) is 9.21. The van der Waals surface area contributed by atoms with Gasteiger partial charge in [-0.3, -0.25) is 15.0 Å². The second-order valence-corrected chi connectivity index (χ2v) is 6.52. The molecule has 6 heteroatoms. The number of amides is 1. The van der Waals surface area contributed by atoms with Gasteiger partial charge in [-0.2, -0.15) is 0 Å². The third kappa shape index (κ3) is 4.78. The van der Waals surface area contributed by atoms with Crippen molar-refractivity contribution in [2.45, 2.75) is 12.8 Å². The molecule has 1 saturated heterocycles. The van der Waals surface area contributed by atoms with Gasteiger partial charge in [0.2, 0.25) is 0 Å². The molecule has 28 heavy (non-hydrogen) atoms. The van der Waals surface area contributed by atoms with Crippen LogP contribution in [0, 0.1) is 0 Å². The van der Waals surface area contributed by atoms with Crippen molar-refractivity contribution in [3.05, 3.63) is 65.2 Å². The van der Waals surface area contributed by atoms with Gasteiger partial charge in [-0.1, -0.05) is 18.2 Å². The minimum absolute atomic E-state index is 0.116. The van der Waals surface area contributed by atoms with Crippen LogP contribution in [-0.4, -0.2) is 44.0 Å². The van der Waals surface area contributed by atoms with Gasteiger partial charge < -0.3 is 9.47 Å². The van der Waals surface area contributed by atoms with E-state index in [1.165, 1.54) is 13.2 Å². The molecule has 0 aromatic heterocycles. The monoisotopic (exact) mass is 380 g/mol. The summed E-state index contributed by atoms with van der Waals surface area (Å²) in [5.41, 5.74) is 4.75. The SMILES string of the molecule is COc1ccc(OC)c(C(=O)C=Cc2ccc(C(=O)NN3CCCC3)cc2)c1. The highest BCUT2D eigenvalue weighted by Crippen LogP contribution is 2.25. The van der Waals surface area contributed by atoms with Crippen LogP contribution in [0.5, 0.6) is 11.5 Å². The van der Waals surface area contributed by atoms with Crippen molar-refractivity contribution in [2.75, 3.05) is 27.3 Å². The molecule has 1 aliphatic rings. The van der Waals surface area contributed by atoms with E-state index < -0.39 is 0 Å². The molecule has 0 bridgehead atoms. The standard InChI is InChI=1S/C22H24N2O4/c1-27-18-10-12-21(28-2)19(15-18)20(25)11-7-16-5-8-17(9-6-16)22(26)23-24-13-3-4-14-24/h5-12,15H,3-4,13-14H2,1-2H3,(H,23,26). The van der Waals surface area contributed by atoms with Gasteiger partial charge in [0.05, 0.1) is 19.8 Å². The van der Waals surface area contributed by atoms with Gasteiger partial charge in [0, 0.05) is 18.7 Å². The van der Waals surface area contributed by atoms with E-state index in [2.05, 4.69) is 5.43 Å². The average molecular weight is 380 g/mol. The molecule has 1 N–H and O–H groups in total. The van der Waals surface area contributed by atoms with Gasteiger partial charge in [0.1, 0.15) is 11.5 Å². The summed E-state index contributed by atoms with van der Waals surface area (Å²) >= 11 is 0. The van der Waals surface area contributed by atoms with Crippen molar-refractivity contribution in [1.82, 2.24) is 10.4 Å². The number of hydrogen-bond acceptors (Lipinski definition) is 5. The van der Waals surface area contributed by atoms with Crippen LogP contribution in [-0.2, 0) is 0 Å². The maximum atomic E-state index is 12.5. The Morgan fingerprint density at radius 3 is 2.36 bits per heavy atom. The Morgan fingerprint density at radius 1 is 1.00 bits per heavy atom. The van der Waals surface area contributed by atoms with Gasteiger partial charge in [-0.05, 0) is 54.8 Å². The van der Waals surface area contributed by atoms with E-state index in [-0.39, 0.29) is 11.7 Å². The summed E-state index contributed by atoms with van der Waals surface area (Å²) < 4.78 is 10.4. The molecule has 2 aromatic carbocycles. The quantitative estimate of drug-likeness (QED) is 0.589. The predicted octanol–water partition coefficient (Wildman–Crippen LogP) is 3.34. The molecule has 146 valence electrons. The maximum absolute atomic E-state index is 12.5. The highest BCUT2D eigenvalue weighted by atomic mass is 16.5. The molecular formula is C22H24N2O4. The molecule has 0 saturated carbocycles. The Balaban J connectivity index is 1.67.